The van der Waals surface area contributed by atoms with E-state index in [1.807, 2.05) is 18.2 Å². The van der Waals surface area contributed by atoms with Crippen LogP contribution in [0.3, 0.4) is 0 Å². The molecule has 0 saturated carbocycles. The first-order chi connectivity index (χ1) is 9.11. The molecule has 2 rings (SSSR count). The van der Waals surface area contributed by atoms with Crippen molar-refractivity contribution in [3.05, 3.63) is 69.5 Å². The molecule has 0 aliphatic carbocycles. The summed E-state index contributed by atoms with van der Waals surface area (Å²) in [5.74, 6) is -0.475. The fourth-order valence-corrected chi connectivity index (χ4v) is 2.68. The molecule has 1 atom stereocenters. The third kappa shape index (κ3) is 3.47. The van der Waals surface area contributed by atoms with Crippen molar-refractivity contribution in [1.82, 2.24) is 0 Å². The van der Waals surface area contributed by atoms with Crippen LogP contribution in [-0.2, 0) is 6.42 Å². The van der Waals surface area contributed by atoms with Crippen LogP contribution in [0.25, 0.3) is 0 Å². The Hall–Kier alpha value is -1.09. The Morgan fingerprint density at radius 3 is 2.47 bits per heavy atom. The maximum atomic E-state index is 13.9. The third-order valence-electron chi connectivity index (χ3n) is 3.06. The first-order valence-corrected chi connectivity index (χ1v) is 6.76. The monoisotopic (exact) mass is 297 g/mol. The minimum atomic E-state index is -0.315. The highest BCUT2D eigenvalue weighted by atomic mass is 35.5. The molecule has 0 heterocycles. The van der Waals surface area contributed by atoms with Gasteiger partial charge in [0.05, 0.1) is 0 Å². The van der Waals surface area contributed by atoms with Gasteiger partial charge in [0.15, 0.2) is 0 Å². The van der Waals surface area contributed by atoms with Gasteiger partial charge in [0.1, 0.15) is 5.82 Å². The van der Waals surface area contributed by atoms with Crippen molar-refractivity contribution in [2.24, 2.45) is 5.73 Å². The van der Waals surface area contributed by atoms with Gasteiger partial charge >= 0.3 is 0 Å². The molecule has 1 nitrogen and oxygen atoms in total. The average molecular weight is 298 g/mol. The van der Waals surface area contributed by atoms with E-state index in [9.17, 15) is 4.39 Å². The van der Waals surface area contributed by atoms with Gasteiger partial charge in [0.2, 0.25) is 0 Å². The predicted molar refractivity (Wildman–Crippen MR) is 78.4 cm³/mol. The molecule has 100 valence electrons. The Labute approximate surface area is 122 Å². The number of nitrogens with two attached hydrogens (primary N) is 1. The van der Waals surface area contributed by atoms with Gasteiger partial charge in [-0.25, -0.2) is 4.39 Å². The van der Waals surface area contributed by atoms with Crippen LogP contribution in [0.2, 0.25) is 10.0 Å². The van der Waals surface area contributed by atoms with Crippen molar-refractivity contribution in [3.8, 4) is 0 Å². The van der Waals surface area contributed by atoms with Crippen LogP contribution in [-0.4, -0.2) is 6.54 Å². The number of halogens is 3. The fraction of sp³-hybridized carbons (Fsp3) is 0.200. The minimum Gasteiger partial charge on any atom is -0.330 e. The van der Waals surface area contributed by atoms with Gasteiger partial charge in [0.25, 0.3) is 0 Å². The Kier molecular flexibility index (Phi) is 4.81. The van der Waals surface area contributed by atoms with Crippen LogP contribution in [0.5, 0.6) is 0 Å². The molecule has 0 spiro atoms. The highest BCUT2D eigenvalue weighted by Gasteiger charge is 2.18. The zero-order valence-electron chi connectivity index (χ0n) is 10.2. The molecular formula is C15H14Cl2FN. The maximum Gasteiger partial charge on any atom is 0.128 e. The van der Waals surface area contributed by atoms with Crippen LogP contribution >= 0.6 is 23.2 Å². The zero-order chi connectivity index (χ0) is 13.8. The lowest BCUT2D eigenvalue weighted by molar-refractivity contribution is 0.576. The first-order valence-electron chi connectivity index (χ1n) is 6.00. The summed E-state index contributed by atoms with van der Waals surface area (Å²) in [6.45, 7) is 0.327. The topological polar surface area (TPSA) is 26.0 Å². The molecule has 0 aromatic heterocycles. The molecule has 0 aliphatic rings. The van der Waals surface area contributed by atoms with Crippen LogP contribution in [0.4, 0.5) is 4.39 Å². The Balaban J connectivity index is 2.30. The van der Waals surface area contributed by atoms with Gasteiger partial charge in [-0.05, 0) is 42.8 Å². The first kappa shape index (κ1) is 14.3. The van der Waals surface area contributed by atoms with Gasteiger partial charge in [-0.1, -0.05) is 41.4 Å². The second-order valence-electron chi connectivity index (χ2n) is 4.40. The molecular weight excluding hydrogens is 284 g/mol. The molecule has 1 unspecified atom stereocenters. The summed E-state index contributed by atoms with van der Waals surface area (Å²) >= 11 is 12.0. The largest absolute Gasteiger partial charge is 0.330 e. The number of benzene rings is 2. The molecule has 0 saturated heterocycles. The zero-order valence-corrected chi connectivity index (χ0v) is 11.8. The van der Waals surface area contributed by atoms with Crippen LogP contribution < -0.4 is 5.73 Å². The lowest BCUT2D eigenvalue weighted by atomic mass is 9.91. The molecule has 0 radical (unpaired) electrons. The molecule has 0 fully saturated rings. The van der Waals surface area contributed by atoms with Gasteiger partial charge < -0.3 is 5.73 Å². The van der Waals surface area contributed by atoms with E-state index < -0.39 is 0 Å². The van der Waals surface area contributed by atoms with E-state index in [4.69, 9.17) is 28.9 Å². The molecule has 2 aromatic rings. The second-order valence-corrected chi connectivity index (χ2v) is 5.25. The van der Waals surface area contributed by atoms with Crippen molar-refractivity contribution in [1.29, 1.82) is 0 Å². The third-order valence-corrected chi connectivity index (χ3v) is 3.63. The smallest absolute Gasteiger partial charge is 0.128 e. The average Bonchev–Trinajstić information content (AvgIpc) is 2.37. The van der Waals surface area contributed by atoms with E-state index in [-0.39, 0.29) is 11.7 Å². The van der Waals surface area contributed by atoms with E-state index >= 15 is 0 Å². The highest BCUT2D eigenvalue weighted by molar-refractivity contribution is 6.31. The van der Waals surface area contributed by atoms with E-state index in [2.05, 4.69) is 0 Å². The molecule has 0 bridgehead atoms. The van der Waals surface area contributed by atoms with Gasteiger partial charge in [-0.2, -0.15) is 0 Å². The Bertz CT molecular complexity index is 552. The lowest BCUT2D eigenvalue weighted by Crippen LogP contribution is -2.17. The van der Waals surface area contributed by atoms with Crippen molar-refractivity contribution in [2.75, 3.05) is 6.54 Å². The Morgan fingerprint density at radius 2 is 1.84 bits per heavy atom. The number of rotatable bonds is 4. The van der Waals surface area contributed by atoms with Gasteiger partial charge in [-0.3, -0.25) is 0 Å². The normalized spacial score (nSPS) is 12.4. The summed E-state index contributed by atoms with van der Waals surface area (Å²) in [5, 5.41) is 1.07. The Morgan fingerprint density at radius 1 is 1.11 bits per heavy atom. The maximum absolute atomic E-state index is 13.9. The van der Waals surface area contributed by atoms with Crippen molar-refractivity contribution >= 4 is 23.2 Å². The summed E-state index contributed by atoms with van der Waals surface area (Å²) in [6.07, 6.45) is 0.609. The molecule has 19 heavy (non-hydrogen) atoms. The summed E-state index contributed by atoms with van der Waals surface area (Å²) in [5.41, 5.74) is 7.26. The van der Waals surface area contributed by atoms with Crippen LogP contribution in [0, 0.1) is 5.82 Å². The van der Waals surface area contributed by atoms with E-state index in [0.717, 1.165) is 5.56 Å². The van der Waals surface area contributed by atoms with E-state index in [0.29, 0.717) is 28.6 Å². The van der Waals surface area contributed by atoms with Gasteiger partial charge in [-0.15, -0.1) is 0 Å². The molecule has 0 amide bonds. The molecule has 0 aliphatic heterocycles. The summed E-state index contributed by atoms with van der Waals surface area (Å²) in [7, 11) is 0. The molecule has 2 aromatic carbocycles. The SMILES string of the molecule is NCC(Cc1cccc(Cl)c1)c1c(F)cccc1Cl. The molecule has 2 N–H and O–H groups in total. The molecule has 4 heteroatoms. The number of hydrogen-bond donors (Lipinski definition) is 1. The van der Waals surface area contributed by atoms with Crippen LogP contribution in [0.1, 0.15) is 17.0 Å². The number of hydrogen-bond acceptors (Lipinski definition) is 1. The fourth-order valence-electron chi connectivity index (χ4n) is 2.15. The highest BCUT2D eigenvalue weighted by Crippen LogP contribution is 2.29. The standard InChI is InChI=1S/C15H14Cl2FN/c16-12-4-1-3-10(8-12)7-11(9-19)15-13(17)5-2-6-14(15)18/h1-6,8,11H,7,9,19H2. The van der Waals surface area contributed by atoms with Crippen molar-refractivity contribution in [2.45, 2.75) is 12.3 Å². The predicted octanol–water partition coefficient (Wildman–Crippen LogP) is 4.42. The van der Waals surface area contributed by atoms with E-state index in [1.54, 1.807) is 18.2 Å². The minimum absolute atomic E-state index is 0.160. The quantitative estimate of drug-likeness (QED) is 0.888. The second kappa shape index (κ2) is 6.38. The van der Waals surface area contributed by atoms with Crippen LogP contribution in [0.15, 0.2) is 42.5 Å². The summed E-state index contributed by atoms with van der Waals surface area (Å²) in [4.78, 5) is 0. The van der Waals surface area contributed by atoms with E-state index in [1.165, 1.54) is 6.07 Å². The van der Waals surface area contributed by atoms with Crippen molar-refractivity contribution in [3.63, 3.8) is 0 Å². The lowest BCUT2D eigenvalue weighted by Gasteiger charge is -2.17. The summed E-state index contributed by atoms with van der Waals surface area (Å²) in [6, 6.07) is 12.2. The van der Waals surface area contributed by atoms with Gasteiger partial charge in [0, 0.05) is 21.5 Å². The van der Waals surface area contributed by atoms with Crippen molar-refractivity contribution < 1.29 is 4.39 Å². The summed E-state index contributed by atoms with van der Waals surface area (Å²) < 4.78 is 13.9.